The molecule has 132 valence electrons. The quantitative estimate of drug-likeness (QED) is 0.601. The number of halogens is 1. The number of anilines is 1. The van der Waals surface area contributed by atoms with E-state index in [-0.39, 0.29) is 11.6 Å². The van der Waals surface area contributed by atoms with E-state index in [1.54, 1.807) is 25.3 Å². The van der Waals surface area contributed by atoms with Crippen LogP contribution in [0.1, 0.15) is 28.9 Å². The van der Waals surface area contributed by atoms with Crippen molar-refractivity contribution in [3.8, 4) is 5.75 Å². The topological polar surface area (TPSA) is 59.6 Å². The van der Waals surface area contributed by atoms with Crippen LogP contribution in [0, 0.1) is 0 Å². The first-order chi connectivity index (χ1) is 11.9. The van der Waals surface area contributed by atoms with E-state index < -0.39 is 5.97 Å². The summed E-state index contributed by atoms with van der Waals surface area (Å²) in [5.74, 6) is 0.298. The molecule has 0 aliphatic heterocycles. The molecule has 0 saturated heterocycles. The van der Waals surface area contributed by atoms with Crippen molar-refractivity contribution in [1.82, 2.24) is 5.32 Å². The first kappa shape index (κ1) is 19.0. The Hall–Kier alpha value is -2.31. The average molecular weight is 379 g/mol. The van der Waals surface area contributed by atoms with Gasteiger partial charge in [0.15, 0.2) is 5.11 Å². The second-order valence-electron chi connectivity index (χ2n) is 5.28. The number of esters is 1. The van der Waals surface area contributed by atoms with Crippen LogP contribution in [0.3, 0.4) is 0 Å². The van der Waals surface area contributed by atoms with Crippen LogP contribution >= 0.6 is 23.8 Å². The first-order valence-corrected chi connectivity index (χ1v) is 8.32. The Balaban J connectivity index is 2.03. The summed E-state index contributed by atoms with van der Waals surface area (Å²) in [5, 5.41) is 6.98. The van der Waals surface area contributed by atoms with E-state index in [2.05, 4.69) is 10.6 Å². The van der Waals surface area contributed by atoms with Crippen LogP contribution in [0.2, 0.25) is 5.02 Å². The van der Waals surface area contributed by atoms with Crippen molar-refractivity contribution in [3.05, 3.63) is 58.6 Å². The molecule has 2 N–H and O–H groups in total. The summed E-state index contributed by atoms with van der Waals surface area (Å²) in [6, 6.07) is 12.7. The summed E-state index contributed by atoms with van der Waals surface area (Å²) >= 11 is 11.3. The fraction of sp³-hybridized carbons (Fsp3) is 0.222. The Kier molecular flexibility index (Phi) is 6.61. The van der Waals surface area contributed by atoms with Gasteiger partial charge in [0.25, 0.3) is 0 Å². The summed E-state index contributed by atoms with van der Waals surface area (Å²) in [6.07, 6.45) is 0. The zero-order valence-electron chi connectivity index (χ0n) is 14.1. The molecule has 0 aromatic heterocycles. The summed E-state index contributed by atoms with van der Waals surface area (Å²) in [7, 11) is 2.94. The monoisotopic (exact) mass is 378 g/mol. The van der Waals surface area contributed by atoms with Crippen LogP contribution in [0.25, 0.3) is 0 Å². The number of methoxy groups -OCH3 is 2. The summed E-state index contributed by atoms with van der Waals surface area (Å²) in [4.78, 5) is 11.7. The average Bonchev–Trinajstić information content (AvgIpc) is 2.62. The number of hydrogen-bond donors (Lipinski definition) is 2. The van der Waals surface area contributed by atoms with Crippen LogP contribution in [-0.2, 0) is 4.74 Å². The third kappa shape index (κ3) is 5.08. The standard InChI is InChI=1S/C18H19ClN2O3S/c1-11(12-4-7-14(23-2)8-5-12)20-18(25)21-13-6-9-16(19)15(10-13)17(22)24-3/h4-11H,1-3H3,(H2,20,21,25)/t11-/m0/s1. The molecular weight excluding hydrogens is 360 g/mol. The largest absolute Gasteiger partial charge is 0.497 e. The van der Waals surface area contributed by atoms with E-state index in [1.807, 2.05) is 31.2 Å². The van der Waals surface area contributed by atoms with E-state index in [1.165, 1.54) is 7.11 Å². The van der Waals surface area contributed by atoms with Gasteiger partial charge in [0, 0.05) is 5.69 Å². The van der Waals surface area contributed by atoms with E-state index in [0.717, 1.165) is 11.3 Å². The smallest absolute Gasteiger partial charge is 0.339 e. The number of rotatable bonds is 5. The molecule has 0 saturated carbocycles. The van der Waals surface area contributed by atoms with Crippen LogP contribution in [-0.4, -0.2) is 25.3 Å². The maximum Gasteiger partial charge on any atom is 0.339 e. The number of ether oxygens (including phenoxy) is 2. The van der Waals surface area contributed by atoms with Gasteiger partial charge in [-0.05, 0) is 55.0 Å². The maximum atomic E-state index is 11.7. The second-order valence-corrected chi connectivity index (χ2v) is 6.09. The van der Waals surface area contributed by atoms with Gasteiger partial charge in [-0.3, -0.25) is 0 Å². The Morgan fingerprint density at radius 1 is 1.16 bits per heavy atom. The third-order valence-electron chi connectivity index (χ3n) is 3.59. The Morgan fingerprint density at radius 3 is 2.44 bits per heavy atom. The molecule has 5 nitrogen and oxygen atoms in total. The van der Waals surface area contributed by atoms with E-state index in [4.69, 9.17) is 33.3 Å². The lowest BCUT2D eigenvalue weighted by Gasteiger charge is -2.18. The highest BCUT2D eigenvalue weighted by Crippen LogP contribution is 2.22. The highest BCUT2D eigenvalue weighted by Gasteiger charge is 2.13. The lowest BCUT2D eigenvalue weighted by molar-refractivity contribution is 0.0601. The van der Waals surface area contributed by atoms with Gasteiger partial charge < -0.3 is 20.1 Å². The van der Waals surface area contributed by atoms with Crippen LogP contribution in [0.4, 0.5) is 5.69 Å². The number of nitrogens with one attached hydrogen (secondary N) is 2. The van der Waals surface area contributed by atoms with Crippen molar-refractivity contribution >= 4 is 40.6 Å². The fourth-order valence-electron chi connectivity index (χ4n) is 2.21. The van der Waals surface area contributed by atoms with E-state index >= 15 is 0 Å². The van der Waals surface area contributed by atoms with Gasteiger partial charge in [0.2, 0.25) is 0 Å². The Labute approximate surface area is 157 Å². The lowest BCUT2D eigenvalue weighted by Crippen LogP contribution is -2.30. The van der Waals surface area contributed by atoms with E-state index in [9.17, 15) is 4.79 Å². The molecule has 0 fully saturated rings. The van der Waals surface area contributed by atoms with Gasteiger partial charge >= 0.3 is 5.97 Å². The minimum Gasteiger partial charge on any atom is -0.497 e. The molecule has 0 heterocycles. The minimum atomic E-state index is -0.501. The molecule has 0 amide bonds. The molecular formula is C18H19ClN2O3S. The van der Waals surface area contributed by atoms with Gasteiger partial charge in [-0.15, -0.1) is 0 Å². The molecule has 25 heavy (non-hydrogen) atoms. The summed E-state index contributed by atoms with van der Waals surface area (Å²) < 4.78 is 9.86. The molecule has 2 rings (SSSR count). The molecule has 1 atom stereocenters. The summed E-state index contributed by atoms with van der Waals surface area (Å²) in [6.45, 7) is 2.00. The predicted octanol–water partition coefficient (Wildman–Crippen LogP) is 4.18. The fourth-order valence-corrected chi connectivity index (χ4v) is 2.70. The van der Waals surface area contributed by atoms with E-state index in [0.29, 0.717) is 15.8 Å². The van der Waals surface area contributed by atoms with Crippen molar-refractivity contribution in [2.75, 3.05) is 19.5 Å². The molecule has 0 aliphatic rings. The van der Waals surface area contributed by atoms with Gasteiger partial charge in [-0.25, -0.2) is 4.79 Å². The second kappa shape index (κ2) is 8.69. The van der Waals surface area contributed by atoms with Crippen molar-refractivity contribution in [1.29, 1.82) is 0 Å². The molecule has 7 heteroatoms. The van der Waals surface area contributed by atoms with Crippen LogP contribution in [0.5, 0.6) is 5.75 Å². The number of benzene rings is 2. The molecule has 0 spiro atoms. The molecule has 0 radical (unpaired) electrons. The molecule has 0 bridgehead atoms. The lowest BCUT2D eigenvalue weighted by atomic mass is 10.1. The molecule has 0 unspecified atom stereocenters. The molecule has 2 aromatic rings. The van der Waals surface area contributed by atoms with Crippen LogP contribution in [0.15, 0.2) is 42.5 Å². The number of carbonyl (C=O) groups excluding carboxylic acids is 1. The third-order valence-corrected chi connectivity index (χ3v) is 4.14. The SMILES string of the molecule is COC(=O)c1cc(NC(=S)N[C@@H](C)c2ccc(OC)cc2)ccc1Cl. The molecule has 0 aliphatic carbocycles. The zero-order valence-corrected chi connectivity index (χ0v) is 15.7. The van der Waals surface area contributed by atoms with Crippen molar-refractivity contribution in [2.45, 2.75) is 13.0 Å². The highest BCUT2D eigenvalue weighted by molar-refractivity contribution is 7.80. The van der Waals surface area contributed by atoms with Gasteiger partial charge in [0.1, 0.15) is 5.75 Å². The number of hydrogen-bond acceptors (Lipinski definition) is 4. The predicted molar refractivity (Wildman–Crippen MR) is 104 cm³/mol. The number of thiocarbonyl (C=S) groups is 1. The van der Waals surface area contributed by atoms with Gasteiger partial charge in [0.05, 0.1) is 30.8 Å². The van der Waals surface area contributed by atoms with Crippen molar-refractivity contribution in [2.24, 2.45) is 0 Å². The minimum absolute atomic E-state index is 0.00159. The van der Waals surface area contributed by atoms with Crippen LogP contribution < -0.4 is 15.4 Å². The zero-order chi connectivity index (χ0) is 18.4. The normalized spacial score (nSPS) is 11.4. The van der Waals surface area contributed by atoms with Gasteiger partial charge in [-0.1, -0.05) is 23.7 Å². The maximum absolute atomic E-state index is 11.7. The van der Waals surface area contributed by atoms with Gasteiger partial charge in [-0.2, -0.15) is 0 Å². The molecule has 2 aromatic carbocycles. The summed E-state index contributed by atoms with van der Waals surface area (Å²) in [5.41, 5.74) is 1.99. The number of carbonyl (C=O) groups is 1. The highest BCUT2D eigenvalue weighted by atomic mass is 35.5. The Morgan fingerprint density at radius 2 is 1.84 bits per heavy atom. The van der Waals surface area contributed by atoms with Crippen molar-refractivity contribution < 1.29 is 14.3 Å². The first-order valence-electron chi connectivity index (χ1n) is 7.54. The van der Waals surface area contributed by atoms with Crippen molar-refractivity contribution in [3.63, 3.8) is 0 Å². The Bertz CT molecular complexity index is 765.